The van der Waals surface area contributed by atoms with Gasteiger partial charge in [-0.1, -0.05) is 17.3 Å². The summed E-state index contributed by atoms with van der Waals surface area (Å²) in [4.78, 5) is 22.7. The first-order valence-corrected chi connectivity index (χ1v) is 7.21. The van der Waals surface area contributed by atoms with Crippen molar-refractivity contribution in [3.8, 4) is 0 Å². The maximum Gasteiger partial charge on any atom is 0.383 e. The van der Waals surface area contributed by atoms with Crippen LogP contribution in [0.25, 0.3) is 0 Å². The summed E-state index contributed by atoms with van der Waals surface area (Å²) in [5.74, 6) is -0.531. The summed E-state index contributed by atoms with van der Waals surface area (Å²) in [6.45, 7) is 6.17. The molecule has 0 fully saturated rings. The normalized spacial score (nSPS) is 10.9. The fourth-order valence-electron chi connectivity index (χ4n) is 2.10. The fourth-order valence-corrected chi connectivity index (χ4v) is 2.10. The molecule has 0 radical (unpaired) electrons. The van der Waals surface area contributed by atoms with E-state index in [2.05, 4.69) is 28.9 Å². The molecule has 116 valence electrons. The van der Waals surface area contributed by atoms with E-state index in [1.165, 1.54) is 18.7 Å². The Kier molecular flexibility index (Phi) is 5.30. The largest absolute Gasteiger partial charge is 0.383 e. The third-order valence-electron chi connectivity index (χ3n) is 3.38. The van der Waals surface area contributed by atoms with Gasteiger partial charge in [-0.25, -0.2) is 9.78 Å². The van der Waals surface area contributed by atoms with Gasteiger partial charge in [-0.15, -0.1) is 0 Å². The van der Waals surface area contributed by atoms with Gasteiger partial charge in [0.2, 0.25) is 0 Å². The molecule has 6 nitrogen and oxygen atoms in total. The minimum Gasteiger partial charge on any atom is -0.372 e. The van der Waals surface area contributed by atoms with Crippen molar-refractivity contribution in [2.24, 2.45) is 12.2 Å². The van der Waals surface area contributed by atoms with Gasteiger partial charge >= 0.3 is 5.97 Å². The Labute approximate surface area is 130 Å². The molecule has 22 heavy (non-hydrogen) atoms. The zero-order chi connectivity index (χ0) is 15.9. The molecule has 1 aromatic heterocycles. The maximum absolute atomic E-state index is 11.7. The van der Waals surface area contributed by atoms with Crippen LogP contribution in [0.4, 0.5) is 5.69 Å². The molecule has 0 saturated heterocycles. The third-order valence-corrected chi connectivity index (χ3v) is 3.38. The lowest BCUT2D eigenvalue weighted by Gasteiger charge is -2.20. The van der Waals surface area contributed by atoms with Crippen molar-refractivity contribution < 1.29 is 9.63 Å². The van der Waals surface area contributed by atoms with Crippen LogP contribution in [-0.2, 0) is 11.9 Å². The van der Waals surface area contributed by atoms with Gasteiger partial charge < -0.3 is 14.3 Å². The summed E-state index contributed by atoms with van der Waals surface area (Å²) < 4.78 is 1.58. The summed E-state index contributed by atoms with van der Waals surface area (Å²) in [7, 11) is 1.72. The molecule has 2 rings (SSSR count). The first-order chi connectivity index (χ1) is 10.7. The Bertz CT molecular complexity index is 642. The molecule has 0 unspecified atom stereocenters. The van der Waals surface area contributed by atoms with Crippen LogP contribution in [0.1, 0.15) is 29.9 Å². The molecule has 2 aromatic rings. The number of carbonyl (C=O) groups excluding carboxylic acids is 1. The second-order valence-electron chi connectivity index (χ2n) is 4.77. The smallest absolute Gasteiger partial charge is 0.372 e. The van der Waals surface area contributed by atoms with E-state index in [0.717, 1.165) is 24.3 Å². The van der Waals surface area contributed by atoms with Gasteiger partial charge in [-0.05, 0) is 31.5 Å². The first kappa shape index (κ1) is 15.8. The maximum atomic E-state index is 11.7. The van der Waals surface area contributed by atoms with E-state index in [1.54, 1.807) is 11.6 Å². The molecule has 0 saturated carbocycles. The van der Waals surface area contributed by atoms with Gasteiger partial charge in [-0.3, -0.25) is 0 Å². The lowest BCUT2D eigenvalue weighted by atomic mass is 10.2. The molecule has 0 N–H and O–H groups in total. The minimum atomic E-state index is -0.531. The Balaban J connectivity index is 1.96. The number of carbonyl (C=O) groups is 1. The third kappa shape index (κ3) is 3.72. The average molecular weight is 300 g/mol. The molecule has 6 heteroatoms. The van der Waals surface area contributed by atoms with Crippen molar-refractivity contribution in [3.63, 3.8) is 0 Å². The molecule has 0 aliphatic rings. The fraction of sp³-hybridized carbons (Fsp3) is 0.312. The zero-order valence-corrected chi connectivity index (χ0v) is 13.1. The number of oxime groups is 1. The van der Waals surface area contributed by atoms with Crippen molar-refractivity contribution in [2.75, 3.05) is 18.0 Å². The van der Waals surface area contributed by atoms with Crippen LogP contribution in [0.5, 0.6) is 0 Å². The number of aryl methyl sites for hydroxylation is 1. The summed E-state index contributed by atoms with van der Waals surface area (Å²) in [6.07, 6.45) is 4.49. The van der Waals surface area contributed by atoms with Crippen LogP contribution in [0, 0.1) is 0 Å². The molecule has 1 aromatic carbocycles. The van der Waals surface area contributed by atoms with Gasteiger partial charge in [0.05, 0.1) is 18.7 Å². The summed E-state index contributed by atoms with van der Waals surface area (Å²) in [6, 6.07) is 7.93. The quantitative estimate of drug-likeness (QED) is 0.467. The highest BCUT2D eigenvalue weighted by Gasteiger charge is 2.10. The lowest BCUT2D eigenvalue weighted by Crippen LogP contribution is -2.21. The summed E-state index contributed by atoms with van der Waals surface area (Å²) in [5.41, 5.74) is 2.39. The molecular weight excluding hydrogens is 280 g/mol. The van der Waals surface area contributed by atoms with Crippen molar-refractivity contribution in [3.05, 3.63) is 48.0 Å². The highest BCUT2D eigenvalue weighted by molar-refractivity contribution is 5.88. The standard InChI is InChI=1S/C16H20N4O2/c1-4-20(5-2)14-8-6-13(7-9-14)10-18-22-16(21)15-11-17-12-19(15)3/h6-12H,4-5H2,1-3H3. The topological polar surface area (TPSA) is 59.7 Å². The van der Waals surface area contributed by atoms with Crippen molar-refractivity contribution in [2.45, 2.75) is 13.8 Å². The molecule has 1 heterocycles. The molecule has 0 spiro atoms. The van der Waals surface area contributed by atoms with E-state index in [0.29, 0.717) is 5.69 Å². The predicted molar refractivity (Wildman–Crippen MR) is 86.2 cm³/mol. The molecular formula is C16H20N4O2. The van der Waals surface area contributed by atoms with E-state index >= 15 is 0 Å². The minimum absolute atomic E-state index is 0.356. The second-order valence-corrected chi connectivity index (χ2v) is 4.77. The van der Waals surface area contributed by atoms with E-state index in [4.69, 9.17) is 4.84 Å². The van der Waals surface area contributed by atoms with E-state index < -0.39 is 5.97 Å². The molecule has 0 aliphatic carbocycles. The summed E-state index contributed by atoms with van der Waals surface area (Å²) in [5, 5.41) is 3.72. The highest BCUT2D eigenvalue weighted by atomic mass is 16.7. The SMILES string of the molecule is CCN(CC)c1ccc(C=NOC(=O)c2cncn2C)cc1. The Morgan fingerprint density at radius 1 is 1.32 bits per heavy atom. The predicted octanol–water partition coefficient (Wildman–Crippen LogP) is 2.46. The first-order valence-electron chi connectivity index (χ1n) is 7.21. The monoisotopic (exact) mass is 300 g/mol. The van der Waals surface area contributed by atoms with E-state index in [9.17, 15) is 4.79 Å². The van der Waals surface area contributed by atoms with Crippen molar-refractivity contribution in [1.29, 1.82) is 0 Å². The van der Waals surface area contributed by atoms with Gasteiger partial charge in [0, 0.05) is 25.8 Å². The van der Waals surface area contributed by atoms with Crippen LogP contribution in [0.2, 0.25) is 0 Å². The molecule has 0 aliphatic heterocycles. The van der Waals surface area contributed by atoms with Gasteiger partial charge in [-0.2, -0.15) is 0 Å². The van der Waals surface area contributed by atoms with Crippen LogP contribution in [0.15, 0.2) is 41.9 Å². The van der Waals surface area contributed by atoms with Crippen molar-refractivity contribution >= 4 is 17.9 Å². The van der Waals surface area contributed by atoms with Gasteiger partial charge in [0.15, 0.2) is 0 Å². The molecule has 0 amide bonds. The Morgan fingerprint density at radius 3 is 2.55 bits per heavy atom. The zero-order valence-electron chi connectivity index (χ0n) is 13.1. The van der Waals surface area contributed by atoms with Crippen LogP contribution in [0.3, 0.4) is 0 Å². The summed E-state index contributed by atoms with van der Waals surface area (Å²) >= 11 is 0. The number of rotatable bonds is 6. The average Bonchev–Trinajstić information content (AvgIpc) is 2.96. The Morgan fingerprint density at radius 2 is 2.00 bits per heavy atom. The van der Waals surface area contributed by atoms with Gasteiger partial charge in [0.25, 0.3) is 0 Å². The van der Waals surface area contributed by atoms with E-state index in [1.807, 2.05) is 24.3 Å². The number of imidazole rings is 1. The number of hydrogen-bond acceptors (Lipinski definition) is 5. The highest BCUT2D eigenvalue weighted by Crippen LogP contribution is 2.14. The number of anilines is 1. The second kappa shape index (κ2) is 7.40. The molecule has 0 bridgehead atoms. The number of aromatic nitrogens is 2. The lowest BCUT2D eigenvalue weighted by molar-refractivity contribution is 0.0508. The Hall–Kier alpha value is -2.63. The van der Waals surface area contributed by atoms with Crippen LogP contribution in [-0.4, -0.2) is 34.8 Å². The molecule has 0 atom stereocenters. The van der Waals surface area contributed by atoms with E-state index in [-0.39, 0.29) is 0 Å². The van der Waals surface area contributed by atoms with Crippen LogP contribution >= 0.6 is 0 Å². The van der Waals surface area contributed by atoms with Crippen LogP contribution < -0.4 is 4.90 Å². The number of hydrogen-bond donors (Lipinski definition) is 0. The van der Waals surface area contributed by atoms with Crippen molar-refractivity contribution in [1.82, 2.24) is 9.55 Å². The van der Waals surface area contributed by atoms with Gasteiger partial charge in [0.1, 0.15) is 5.69 Å². The number of benzene rings is 1. The number of nitrogens with zero attached hydrogens (tertiary/aromatic N) is 4.